The molecule has 160 valence electrons. The van der Waals surface area contributed by atoms with Crippen molar-refractivity contribution in [2.24, 2.45) is 0 Å². The molecule has 2 unspecified atom stereocenters. The van der Waals surface area contributed by atoms with Gasteiger partial charge in [-0.25, -0.2) is 0 Å². The van der Waals surface area contributed by atoms with E-state index in [-0.39, 0.29) is 12.1 Å². The van der Waals surface area contributed by atoms with Gasteiger partial charge < -0.3 is 19.9 Å². The minimum atomic E-state index is -0.0646. The maximum atomic E-state index is 6.00. The lowest BCUT2D eigenvalue weighted by Gasteiger charge is -2.27. The van der Waals surface area contributed by atoms with Gasteiger partial charge in [0.15, 0.2) is 5.11 Å². The summed E-state index contributed by atoms with van der Waals surface area (Å²) in [5, 5.41) is 4.15. The number of aromatic nitrogens is 2. The predicted molar refractivity (Wildman–Crippen MR) is 131 cm³/mol. The van der Waals surface area contributed by atoms with Gasteiger partial charge in [-0.2, -0.15) is 0 Å². The summed E-state index contributed by atoms with van der Waals surface area (Å²) in [6.07, 6.45) is 1.82. The zero-order chi connectivity index (χ0) is 22.1. The Balaban J connectivity index is 1.46. The van der Waals surface area contributed by atoms with Crippen LogP contribution in [0.3, 0.4) is 0 Å². The number of aromatic amines is 1. The molecule has 1 aliphatic rings. The molecule has 4 aromatic rings. The van der Waals surface area contributed by atoms with Gasteiger partial charge in [0.2, 0.25) is 0 Å². The number of nitrogens with one attached hydrogen (secondary N) is 2. The van der Waals surface area contributed by atoms with Gasteiger partial charge >= 0.3 is 0 Å². The van der Waals surface area contributed by atoms with Crippen molar-refractivity contribution in [1.29, 1.82) is 0 Å². The molecule has 2 aromatic heterocycles. The van der Waals surface area contributed by atoms with Crippen LogP contribution in [0.4, 0.5) is 5.69 Å². The van der Waals surface area contributed by atoms with Crippen LogP contribution in [0.1, 0.15) is 34.7 Å². The van der Waals surface area contributed by atoms with Gasteiger partial charge in [0.25, 0.3) is 0 Å². The third-order valence-electron chi connectivity index (χ3n) is 5.64. The molecule has 0 bridgehead atoms. The second-order valence-electron chi connectivity index (χ2n) is 8.00. The number of benzene rings is 2. The first-order chi connectivity index (χ1) is 15.6. The Kier molecular flexibility index (Phi) is 5.37. The molecule has 0 aliphatic carbocycles. The Bertz CT molecular complexity index is 1220. The van der Waals surface area contributed by atoms with Gasteiger partial charge in [0, 0.05) is 23.3 Å². The highest BCUT2D eigenvalue weighted by Gasteiger charge is 2.41. The predicted octanol–water partition coefficient (Wildman–Crippen LogP) is 6.00. The zero-order valence-electron chi connectivity index (χ0n) is 17.9. The molecule has 0 radical (unpaired) electrons. The molecule has 1 aliphatic heterocycles. The maximum Gasteiger partial charge on any atom is 0.174 e. The van der Waals surface area contributed by atoms with Crippen LogP contribution in [-0.2, 0) is 0 Å². The second-order valence-corrected chi connectivity index (χ2v) is 8.39. The van der Waals surface area contributed by atoms with E-state index in [2.05, 4.69) is 46.2 Å². The molecule has 32 heavy (non-hydrogen) atoms. The van der Waals surface area contributed by atoms with Gasteiger partial charge in [0.1, 0.15) is 17.5 Å². The molecule has 2 N–H and O–H groups in total. The highest BCUT2D eigenvalue weighted by molar-refractivity contribution is 7.80. The van der Waals surface area contributed by atoms with Crippen LogP contribution in [0.5, 0.6) is 11.5 Å². The highest BCUT2D eigenvalue weighted by Crippen LogP contribution is 2.41. The average Bonchev–Trinajstić information content (AvgIpc) is 3.39. The van der Waals surface area contributed by atoms with Crippen molar-refractivity contribution in [3.8, 4) is 11.5 Å². The molecule has 5 nitrogen and oxygen atoms in total. The van der Waals surface area contributed by atoms with E-state index in [0.717, 1.165) is 34.3 Å². The smallest absolute Gasteiger partial charge is 0.174 e. The fourth-order valence-electron chi connectivity index (χ4n) is 4.06. The molecule has 0 spiro atoms. The molecule has 0 amide bonds. The average molecular weight is 441 g/mol. The second kappa shape index (κ2) is 8.48. The molecule has 5 rings (SSSR count). The van der Waals surface area contributed by atoms with Crippen LogP contribution >= 0.6 is 12.2 Å². The summed E-state index contributed by atoms with van der Waals surface area (Å²) in [5.41, 5.74) is 5.35. The third-order valence-corrected chi connectivity index (χ3v) is 5.96. The van der Waals surface area contributed by atoms with Crippen LogP contribution < -0.4 is 15.0 Å². The van der Waals surface area contributed by atoms with Crippen molar-refractivity contribution < 1.29 is 4.74 Å². The fourth-order valence-corrected chi connectivity index (χ4v) is 4.41. The normalized spacial score (nSPS) is 17.9. The SMILES string of the molecule is Cc1ccc(Oc2ccc(N3C(=S)NC(c4ccccn4)C3c3ccc(C)[nH]3)cc2)cc1. The minimum Gasteiger partial charge on any atom is -0.457 e. The van der Waals surface area contributed by atoms with Gasteiger partial charge in [-0.1, -0.05) is 23.8 Å². The summed E-state index contributed by atoms with van der Waals surface area (Å²) < 4.78 is 6.00. The zero-order valence-corrected chi connectivity index (χ0v) is 18.8. The molecule has 6 heteroatoms. The van der Waals surface area contributed by atoms with Crippen molar-refractivity contribution in [3.63, 3.8) is 0 Å². The fraction of sp³-hybridized carbons (Fsp3) is 0.154. The molecule has 1 fully saturated rings. The number of thiocarbonyl (C=S) groups is 1. The Morgan fingerprint density at radius 1 is 0.875 bits per heavy atom. The van der Waals surface area contributed by atoms with Crippen molar-refractivity contribution in [3.05, 3.63) is 108 Å². The van der Waals surface area contributed by atoms with Crippen LogP contribution in [0.2, 0.25) is 0 Å². The molecule has 2 atom stereocenters. The van der Waals surface area contributed by atoms with Crippen molar-refractivity contribution in [2.75, 3.05) is 4.90 Å². The summed E-state index contributed by atoms with van der Waals surface area (Å²) in [5.74, 6) is 1.60. The number of pyridine rings is 1. The largest absolute Gasteiger partial charge is 0.457 e. The standard InChI is InChI=1S/C26H24N4OS/c1-17-6-11-20(12-7-17)31-21-13-9-19(10-14-21)30-25(23-15-8-18(2)28-23)24(29-26(30)32)22-5-3-4-16-27-22/h3-16,24-25,28H,1-2H3,(H,29,32). The molecule has 0 saturated carbocycles. The number of hydrogen-bond acceptors (Lipinski definition) is 3. The Labute approximate surface area is 193 Å². The molecule has 1 saturated heterocycles. The number of rotatable bonds is 5. The van der Waals surface area contributed by atoms with Crippen LogP contribution in [0.25, 0.3) is 0 Å². The van der Waals surface area contributed by atoms with E-state index in [0.29, 0.717) is 5.11 Å². The van der Waals surface area contributed by atoms with E-state index < -0.39 is 0 Å². The summed E-state index contributed by atoms with van der Waals surface area (Å²) in [4.78, 5) is 10.2. The first kappa shape index (κ1) is 20.3. The van der Waals surface area contributed by atoms with E-state index in [9.17, 15) is 0 Å². The minimum absolute atomic E-state index is 0.0463. The van der Waals surface area contributed by atoms with Crippen molar-refractivity contribution in [1.82, 2.24) is 15.3 Å². The number of H-pyrrole nitrogens is 1. The van der Waals surface area contributed by atoms with E-state index >= 15 is 0 Å². The topological polar surface area (TPSA) is 53.2 Å². The van der Waals surface area contributed by atoms with Crippen molar-refractivity contribution >= 4 is 23.0 Å². The van der Waals surface area contributed by atoms with E-state index in [1.54, 1.807) is 0 Å². The summed E-state index contributed by atoms with van der Waals surface area (Å²) in [6.45, 7) is 4.12. The number of anilines is 1. The molecular weight excluding hydrogens is 416 g/mol. The Hall–Kier alpha value is -3.64. The van der Waals surface area contributed by atoms with Crippen LogP contribution in [0, 0.1) is 13.8 Å². The Morgan fingerprint density at radius 3 is 2.22 bits per heavy atom. The first-order valence-electron chi connectivity index (χ1n) is 10.6. The molecule has 3 heterocycles. The van der Waals surface area contributed by atoms with E-state index in [1.165, 1.54) is 5.56 Å². The molecular formula is C26H24N4OS. The lowest BCUT2D eigenvalue weighted by Crippen LogP contribution is -2.29. The third kappa shape index (κ3) is 3.97. The van der Waals surface area contributed by atoms with E-state index in [4.69, 9.17) is 17.0 Å². The summed E-state index contributed by atoms with van der Waals surface area (Å²) in [6, 6.07) is 26.1. The molecule has 2 aromatic carbocycles. The van der Waals surface area contributed by atoms with E-state index in [1.807, 2.05) is 72.9 Å². The lowest BCUT2D eigenvalue weighted by atomic mass is 10.0. The van der Waals surface area contributed by atoms with Crippen molar-refractivity contribution in [2.45, 2.75) is 25.9 Å². The number of nitrogens with zero attached hydrogens (tertiary/aromatic N) is 2. The number of ether oxygens (including phenoxy) is 1. The monoisotopic (exact) mass is 440 g/mol. The quantitative estimate of drug-likeness (QED) is 0.373. The summed E-state index contributed by atoms with van der Waals surface area (Å²) >= 11 is 5.78. The first-order valence-corrected chi connectivity index (χ1v) is 11.0. The Morgan fingerprint density at radius 2 is 1.59 bits per heavy atom. The van der Waals surface area contributed by atoms with Gasteiger partial charge in [0.05, 0.1) is 11.7 Å². The number of hydrogen-bond donors (Lipinski definition) is 2. The van der Waals surface area contributed by atoms with Gasteiger partial charge in [-0.05, 0) is 86.7 Å². The summed E-state index contributed by atoms with van der Waals surface area (Å²) in [7, 11) is 0. The number of aryl methyl sites for hydroxylation is 2. The van der Waals surface area contributed by atoms with Crippen LogP contribution in [0.15, 0.2) is 85.1 Å². The lowest BCUT2D eigenvalue weighted by molar-refractivity contribution is 0.482. The maximum absolute atomic E-state index is 6.00. The highest BCUT2D eigenvalue weighted by atomic mass is 32.1. The van der Waals surface area contributed by atoms with Gasteiger partial charge in [-0.3, -0.25) is 4.98 Å². The van der Waals surface area contributed by atoms with Gasteiger partial charge in [-0.15, -0.1) is 0 Å². The van der Waals surface area contributed by atoms with Crippen LogP contribution in [-0.4, -0.2) is 15.1 Å².